The average molecular weight is 292 g/mol. The van der Waals surface area contributed by atoms with E-state index in [-0.39, 0.29) is 12.5 Å². The molecule has 1 heterocycles. The Morgan fingerprint density at radius 3 is 2.57 bits per heavy atom. The zero-order valence-corrected chi connectivity index (χ0v) is 14.0. The van der Waals surface area contributed by atoms with Crippen molar-refractivity contribution in [3.05, 3.63) is 0 Å². The summed E-state index contributed by atoms with van der Waals surface area (Å²) in [4.78, 5) is 2.59. The van der Waals surface area contributed by atoms with Crippen LogP contribution in [-0.2, 0) is 0 Å². The van der Waals surface area contributed by atoms with Crippen molar-refractivity contribution in [2.75, 3.05) is 13.2 Å². The standard InChI is InChI=1S/C18H32N2O/c1-18(2,3)15-8-7-14(13-19)17(12-15)20-10-5-4-6-16(20)9-11-21/h14-17,21H,4-12H2,1-3H3. The monoisotopic (exact) mass is 292 g/mol. The Labute approximate surface area is 130 Å². The highest BCUT2D eigenvalue weighted by atomic mass is 16.3. The molecule has 1 aliphatic heterocycles. The third-order valence-electron chi connectivity index (χ3n) is 5.77. The van der Waals surface area contributed by atoms with Crippen molar-refractivity contribution in [3.63, 3.8) is 0 Å². The summed E-state index contributed by atoms with van der Waals surface area (Å²) in [7, 11) is 0. The molecule has 2 aliphatic rings. The third kappa shape index (κ3) is 3.99. The molecular formula is C18H32N2O. The molecule has 3 heteroatoms. The van der Waals surface area contributed by atoms with Gasteiger partial charge < -0.3 is 5.11 Å². The van der Waals surface area contributed by atoms with Gasteiger partial charge in [-0.25, -0.2) is 0 Å². The second-order valence-corrected chi connectivity index (χ2v) is 8.08. The van der Waals surface area contributed by atoms with Gasteiger partial charge in [0.25, 0.3) is 0 Å². The first-order valence-electron chi connectivity index (χ1n) is 8.73. The molecule has 0 radical (unpaired) electrons. The van der Waals surface area contributed by atoms with Crippen molar-refractivity contribution in [1.82, 2.24) is 4.90 Å². The van der Waals surface area contributed by atoms with Crippen LogP contribution in [0.2, 0.25) is 0 Å². The van der Waals surface area contributed by atoms with Crippen LogP contribution in [0.5, 0.6) is 0 Å². The molecule has 4 unspecified atom stereocenters. The van der Waals surface area contributed by atoms with Crippen molar-refractivity contribution < 1.29 is 5.11 Å². The topological polar surface area (TPSA) is 47.3 Å². The van der Waals surface area contributed by atoms with E-state index in [1.807, 2.05) is 0 Å². The number of rotatable bonds is 3. The van der Waals surface area contributed by atoms with Gasteiger partial charge in [-0.3, -0.25) is 4.90 Å². The van der Waals surface area contributed by atoms with E-state index < -0.39 is 0 Å². The summed E-state index contributed by atoms with van der Waals surface area (Å²) < 4.78 is 0. The van der Waals surface area contributed by atoms with Crippen LogP contribution in [0.4, 0.5) is 0 Å². The number of aliphatic hydroxyl groups excluding tert-OH is 1. The molecule has 120 valence electrons. The van der Waals surface area contributed by atoms with Gasteiger partial charge >= 0.3 is 0 Å². The van der Waals surface area contributed by atoms with Crippen molar-refractivity contribution in [2.45, 2.75) is 77.8 Å². The van der Waals surface area contributed by atoms with E-state index in [0.29, 0.717) is 23.4 Å². The van der Waals surface area contributed by atoms with Gasteiger partial charge in [0.15, 0.2) is 0 Å². The minimum Gasteiger partial charge on any atom is -0.396 e. The molecule has 3 nitrogen and oxygen atoms in total. The molecule has 21 heavy (non-hydrogen) atoms. The molecule has 4 atom stereocenters. The lowest BCUT2D eigenvalue weighted by Gasteiger charge is -2.48. The SMILES string of the molecule is CC(C)(C)C1CCC(C#N)C(N2CCCCC2CCO)C1. The molecule has 1 saturated heterocycles. The Morgan fingerprint density at radius 2 is 1.95 bits per heavy atom. The van der Waals surface area contributed by atoms with E-state index in [1.54, 1.807) is 0 Å². The lowest BCUT2D eigenvalue weighted by atomic mass is 9.67. The highest BCUT2D eigenvalue weighted by Crippen LogP contribution is 2.42. The highest BCUT2D eigenvalue weighted by Gasteiger charge is 2.41. The summed E-state index contributed by atoms with van der Waals surface area (Å²) in [5, 5.41) is 18.9. The zero-order valence-electron chi connectivity index (χ0n) is 14.0. The number of nitriles is 1. The molecule has 0 amide bonds. The first kappa shape index (κ1) is 16.8. The summed E-state index contributed by atoms with van der Waals surface area (Å²) in [5.41, 5.74) is 0.334. The van der Waals surface area contributed by atoms with Crippen molar-refractivity contribution in [2.24, 2.45) is 17.3 Å². The van der Waals surface area contributed by atoms with Crippen LogP contribution in [0.25, 0.3) is 0 Å². The molecule has 2 rings (SSSR count). The highest BCUT2D eigenvalue weighted by molar-refractivity contribution is 5.01. The van der Waals surface area contributed by atoms with Crippen LogP contribution >= 0.6 is 0 Å². The van der Waals surface area contributed by atoms with Gasteiger partial charge in [0, 0.05) is 18.7 Å². The van der Waals surface area contributed by atoms with E-state index >= 15 is 0 Å². The lowest BCUT2D eigenvalue weighted by molar-refractivity contribution is 0.00913. The summed E-state index contributed by atoms with van der Waals surface area (Å²) in [6.07, 6.45) is 7.97. The number of likely N-dealkylation sites (tertiary alicyclic amines) is 1. The molecule has 2 fully saturated rings. The Bertz CT molecular complexity index is 366. The Morgan fingerprint density at radius 1 is 1.19 bits per heavy atom. The van der Waals surface area contributed by atoms with Gasteiger partial charge in [-0.2, -0.15) is 5.26 Å². The summed E-state index contributed by atoms with van der Waals surface area (Å²) >= 11 is 0. The Hall–Kier alpha value is -0.590. The minimum absolute atomic E-state index is 0.183. The number of nitrogens with zero attached hydrogens (tertiary/aromatic N) is 2. The molecule has 1 aliphatic carbocycles. The molecule has 0 aromatic rings. The fraction of sp³-hybridized carbons (Fsp3) is 0.944. The second kappa shape index (κ2) is 7.11. The van der Waals surface area contributed by atoms with Crippen LogP contribution in [-0.4, -0.2) is 35.2 Å². The van der Waals surface area contributed by atoms with E-state index in [0.717, 1.165) is 25.8 Å². The molecule has 0 bridgehead atoms. The molecular weight excluding hydrogens is 260 g/mol. The zero-order chi connectivity index (χ0) is 15.5. The van der Waals surface area contributed by atoms with Gasteiger partial charge in [-0.1, -0.05) is 27.2 Å². The first-order valence-corrected chi connectivity index (χ1v) is 8.73. The third-order valence-corrected chi connectivity index (χ3v) is 5.77. The maximum Gasteiger partial charge on any atom is 0.0672 e. The molecule has 0 aromatic heterocycles. The van der Waals surface area contributed by atoms with Gasteiger partial charge in [0.2, 0.25) is 0 Å². The maximum atomic E-state index is 9.57. The first-order chi connectivity index (χ1) is 9.97. The number of hydrogen-bond donors (Lipinski definition) is 1. The fourth-order valence-corrected chi connectivity index (χ4v) is 4.37. The number of hydrogen-bond acceptors (Lipinski definition) is 3. The second-order valence-electron chi connectivity index (χ2n) is 8.08. The molecule has 1 N–H and O–H groups in total. The van der Waals surface area contributed by atoms with Crippen LogP contribution in [0, 0.1) is 28.6 Å². The molecule has 1 saturated carbocycles. The van der Waals surface area contributed by atoms with E-state index in [9.17, 15) is 10.4 Å². The van der Waals surface area contributed by atoms with E-state index in [4.69, 9.17) is 0 Å². The van der Waals surface area contributed by atoms with Gasteiger partial charge in [0.1, 0.15) is 0 Å². The van der Waals surface area contributed by atoms with Gasteiger partial charge in [-0.05, 0) is 56.4 Å². The van der Waals surface area contributed by atoms with Gasteiger partial charge in [0.05, 0.1) is 12.0 Å². The van der Waals surface area contributed by atoms with Crippen LogP contribution in [0.1, 0.15) is 65.7 Å². The predicted octanol–water partition coefficient (Wildman–Crippen LogP) is 3.58. The Kier molecular flexibility index (Phi) is 5.68. The van der Waals surface area contributed by atoms with Crippen LogP contribution in [0.15, 0.2) is 0 Å². The van der Waals surface area contributed by atoms with E-state index in [1.165, 1.54) is 25.7 Å². The molecule has 0 spiro atoms. The summed E-state index contributed by atoms with van der Waals surface area (Å²) in [5.74, 6) is 0.895. The lowest BCUT2D eigenvalue weighted by Crippen LogP contribution is -2.52. The Balaban J connectivity index is 2.13. The quantitative estimate of drug-likeness (QED) is 0.865. The van der Waals surface area contributed by atoms with Crippen molar-refractivity contribution in [3.8, 4) is 6.07 Å². The smallest absolute Gasteiger partial charge is 0.0672 e. The fourth-order valence-electron chi connectivity index (χ4n) is 4.37. The minimum atomic E-state index is 0.183. The summed E-state index contributed by atoms with van der Waals surface area (Å²) in [6, 6.07) is 3.48. The van der Waals surface area contributed by atoms with Crippen LogP contribution < -0.4 is 0 Å². The van der Waals surface area contributed by atoms with Crippen molar-refractivity contribution >= 4 is 0 Å². The summed E-state index contributed by atoms with van der Waals surface area (Å²) in [6.45, 7) is 8.40. The predicted molar refractivity (Wildman–Crippen MR) is 85.7 cm³/mol. The van der Waals surface area contributed by atoms with Gasteiger partial charge in [-0.15, -0.1) is 0 Å². The molecule has 0 aromatic carbocycles. The average Bonchev–Trinajstić information content (AvgIpc) is 2.46. The number of piperidine rings is 1. The van der Waals surface area contributed by atoms with E-state index in [2.05, 4.69) is 31.7 Å². The van der Waals surface area contributed by atoms with Crippen molar-refractivity contribution in [1.29, 1.82) is 5.26 Å². The normalized spacial score (nSPS) is 35.4. The number of aliphatic hydroxyl groups is 1. The largest absolute Gasteiger partial charge is 0.396 e. The maximum absolute atomic E-state index is 9.57. The van der Waals surface area contributed by atoms with Crippen LogP contribution in [0.3, 0.4) is 0 Å².